The van der Waals surface area contributed by atoms with E-state index in [9.17, 15) is 18.0 Å². The van der Waals surface area contributed by atoms with Crippen molar-refractivity contribution in [1.82, 2.24) is 4.90 Å². The number of carbonyl (C=O) groups excluding carboxylic acids is 1. The third kappa shape index (κ3) is 3.76. The number of nitrogens with zero attached hydrogens (tertiary/aromatic N) is 1. The van der Waals surface area contributed by atoms with Gasteiger partial charge in [-0.05, 0) is 41.3 Å². The Bertz CT molecular complexity index is 801. The van der Waals surface area contributed by atoms with Crippen LogP contribution in [0.4, 0.5) is 13.2 Å². The van der Waals surface area contributed by atoms with Gasteiger partial charge in [-0.15, -0.1) is 13.2 Å². The highest BCUT2D eigenvalue weighted by molar-refractivity contribution is 5.99. The standard InChI is InChI=1S/C18H17F3N2O2/c1-11-6-13(8-22)7-14-10-23(17(24)16(11)14)9-12-2-4-15(5-3-12)25-18(19,20)21/h2-7H,8-10,22H2,1H3. The second-order valence-electron chi connectivity index (χ2n) is 6.00. The predicted octanol–water partition coefficient (Wildman–Crippen LogP) is 3.51. The van der Waals surface area contributed by atoms with Crippen LogP contribution in [0.15, 0.2) is 36.4 Å². The number of ether oxygens (including phenoxy) is 1. The number of aryl methyl sites for hydroxylation is 1. The molecule has 1 aliphatic rings. The molecule has 2 aromatic carbocycles. The van der Waals surface area contributed by atoms with E-state index >= 15 is 0 Å². The highest BCUT2D eigenvalue weighted by atomic mass is 19.4. The second-order valence-corrected chi connectivity index (χ2v) is 6.00. The highest BCUT2D eigenvalue weighted by Crippen LogP contribution is 2.29. The summed E-state index contributed by atoms with van der Waals surface area (Å²) in [6.45, 7) is 3.06. The van der Waals surface area contributed by atoms with Crippen molar-refractivity contribution in [2.75, 3.05) is 0 Å². The summed E-state index contributed by atoms with van der Waals surface area (Å²) in [6, 6.07) is 9.37. The van der Waals surface area contributed by atoms with Crippen LogP contribution in [-0.2, 0) is 19.6 Å². The van der Waals surface area contributed by atoms with E-state index in [4.69, 9.17) is 5.73 Å². The van der Waals surface area contributed by atoms with Gasteiger partial charge in [0.1, 0.15) is 5.75 Å². The van der Waals surface area contributed by atoms with Crippen LogP contribution in [0, 0.1) is 6.92 Å². The Morgan fingerprint density at radius 1 is 1.16 bits per heavy atom. The summed E-state index contributed by atoms with van der Waals surface area (Å²) < 4.78 is 40.4. The van der Waals surface area contributed by atoms with E-state index in [2.05, 4.69) is 4.74 Å². The fourth-order valence-corrected chi connectivity index (χ4v) is 3.07. The molecule has 0 fully saturated rings. The van der Waals surface area contributed by atoms with Gasteiger partial charge in [-0.2, -0.15) is 0 Å². The predicted molar refractivity (Wildman–Crippen MR) is 85.8 cm³/mol. The zero-order chi connectivity index (χ0) is 18.2. The number of carbonyl (C=O) groups is 1. The smallest absolute Gasteiger partial charge is 0.406 e. The normalized spacial score (nSPS) is 14.0. The van der Waals surface area contributed by atoms with Crippen molar-refractivity contribution >= 4 is 5.91 Å². The highest BCUT2D eigenvalue weighted by Gasteiger charge is 2.31. The zero-order valence-electron chi connectivity index (χ0n) is 13.6. The van der Waals surface area contributed by atoms with Crippen LogP contribution in [0.2, 0.25) is 0 Å². The molecule has 0 unspecified atom stereocenters. The van der Waals surface area contributed by atoms with E-state index < -0.39 is 6.36 Å². The summed E-state index contributed by atoms with van der Waals surface area (Å²) in [4.78, 5) is 14.3. The van der Waals surface area contributed by atoms with Crippen LogP contribution in [0.25, 0.3) is 0 Å². The Labute approximate surface area is 143 Å². The summed E-state index contributed by atoms with van der Waals surface area (Å²) in [7, 11) is 0. The Balaban J connectivity index is 1.74. The molecule has 4 nitrogen and oxygen atoms in total. The minimum Gasteiger partial charge on any atom is -0.406 e. The number of hydrogen-bond donors (Lipinski definition) is 1. The number of hydrogen-bond acceptors (Lipinski definition) is 3. The molecule has 0 spiro atoms. The maximum absolute atomic E-state index is 12.6. The second kappa shape index (κ2) is 6.40. The topological polar surface area (TPSA) is 55.6 Å². The first-order valence-electron chi connectivity index (χ1n) is 7.73. The first-order chi connectivity index (χ1) is 11.8. The van der Waals surface area contributed by atoms with Gasteiger partial charge in [0.25, 0.3) is 5.91 Å². The molecule has 2 N–H and O–H groups in total. The zero-order valence-corrected chi connectivity index (χ0v) is 13.6. The fourth-order valence-electron chi connectivity index (χ4n) is 3.07. The van der Waals surface area contributed by atoms with E-state index in [0.29, 0.717) is 25.2 Å². The van der Waals surface area contributed by atoms with Crippen molar-refractivity contribution in [2.45, 2.75) is 32.9 Å². The molecule has 0 bridgehead atoms. The molecule has 1 aliphatic heterocycles. The fraction of sp³-hybridized carbons (Fsp3) is 0.278. The van der Waals surface area contributed by atoms with Gasteiger partial charge in [0.15, 0.2) is 0 Å². The molecular weight excluding hydrogens is 333 g/mol. The van der Waals surface area contributed by atoms with Gasteiger partial charge in [0, 0.05) is 25.2 Å². The van der Waals surface area contributed by atoms with Crippen LogP contribution in [0.5, 0.6) is 5.75 Å². The number of halogens is 3. The third-order valence-electron chi connectivity index (χ3n) is 4.11. The van der Waals surface area contributed by atoms with Gasteiger partial charge in [-0.25, -0.2) is 0 Å². The first-order valence-corrected chi connectivity index (χ1v) is 7.73. The molecule has 0 saturated heterocycles. The maximum atomic E-state index is 12.6. The monoisotopic (exact) mass is 350 g/mol. The molecule has 1 amide bonds. The van der Waals surface area contributed by atoms with Crippen molar-refractivity contribution in [2.24, 2.45) is 5.73 Å². The molecule has 0 atom stereocenters. The van der Waals surface area contributed by atoms with Crippen molar-refractivity contribution in [3.05, 3.63) is 64.2 Å². The minimum absolute atomic E-state index is 0.0771. The van der Waals surface area contributed by atoms with Gasteiger partial charge in [0.2, 0.25) is 0 Å². The molecule has 132 valence electrons. The van der Waals surface area contributed by atoms with Crippen molar-refractivity contribution in [1.29, 1.82) is 0 Å². The molecule has 0 saturated carbocycles. The van der Waals surface area contributed by atoms with Gasteiger partial charge < -0.3 is 15.4 Å². The molecule has 0 radical (unpaired) electrons. The number of alkyl halides is 3. The molecule has 0 aromatic heterocycles. The summed E-state index contributed by atoms with van der Waals surface area (Å²) >= 11 is 0. The summed E-state index contributed by atoms with van der Waals surface area (Å²) in [6.07, 6.45) is -4.72. The Hall–Kier alpha value is -2.54. The Morgan fingerprint density at radius 3 is 2.44 bits per heavy atom. The molecule has 3 rings (SSSR count). The van der Waals surface area contributed by atoms with E-state index in [0.717, 1.165) is 22.3 Å². The van der Waals surface area contributed by atoms with Crippen LogP contribution < -0.4 is 10.5 Å². The average Bonchev–Trinajstić information content (AvgIpc) is 2.84. The van der Waals surface area contributed by atoms with E-state index in [1.54, 1.807) is 4.90 Å². The van der Waals surface area contributed by atoms with Gasteiger partial charge in [-0.1, -0.05) is 24.3 Å². The SMILES string of the molecule is Cc1cc(CN)cc2c1C(=O)N(Cc1ccc(OC(F)(F)F)cc1)C2. The maximum Gasteiger partial charge on any atom is 0.573 e. The van der Waals surface area contributed by atoms with E-state index in [1.807, 2.05) is 19.1 Å². The van der Waals surface area contributed by atoms with Crippen molar-refractivity contribution in [3.63, 3.8) is 0 Å². The molecule has 1 heterocycles. The van der Waals surface area contributed by atoms with Crippen LogP contribution >= 0.6 is 0 Å². The lowest BCUT2D eigenvalue weighted by atomic mass is 10.0. The van der Waals surface area contributed by atoms with Crippen LogP contribution in [0.3, 0.4) is 0 Å². The number of amides is 1. The lowest BCUT2D eigenvalue weighted by Crippen LogP contribution is -2.23. The lowest BCUT2D eigenvalue weighted by Gasteiger charge is -2.16. The van der Waals surface area contributed by atoms with Crippen molar-refractivity contribution in [3.8, 4) is 5.75 Å². The number of benzene rings is 2. The Morgan fingerprint density at radius 2 is 1.84 bits per heavy atom. The molecule has 7 heteroatoms. The average molecular weight is 350 g/mol. The van der Waals surface area contributed by atoms with E-state index in [1.165, 1.54) is 24.3 Å². The lowest BCUT2D eigenvalue weighted by molar-refractivity contribution is -0.274. The number of nitrogens with two attached hydrogens (primary N) is 1. The minimum atomic E-state index is -4.72. The largest absolute Gasteiger partial charge is 0.573 e. The first kappa shape index (κ1) is 17.3. The molecule has 25 heavy (non-hydrogen) atoms. The van der Waals surface area contributed by atoms with Crippen LogP contribution in [-0.4, -0.2) is 17.2 Å². The van der Waals surface area contributed by atoms with Gasteiger partial charge >= 0.3 is 6.36 Å². The Kier molecular flexibility index (Phi) is 4.43. The number of rotatable bonds is 4. The summed E-state index contributed by atoms with van der Waals surface area (Å²) in [5, 5.41) is 0. The van der Waals surface area contributed by atoms with Crippen molar-refractivity contribution < 1.29 is 22.7 Å². The van der Waals surface area contributed by atoms with Gasteiger partial charge in [0.05, 0.1) is 0 Å². The van der Waals surface area contributed by atoms with E-state index in [-0.39, 0.29) is 11.7 Å². The molecule has 0 aliphatic carbocycles. The quantitative estimate of drug-likeness (QED) is 0.918. The van der Waals surface area contributed by atoms with Crippen LogP contribution in [0.1, 0.15) is 32.6 Å². The number of fused-ring (bicyclic) bond motifs is 1. The third-order valence-corrected chi connectivity index (χ3v) is 4.11. The molecule has 2 aromatic rings. The summed E-state index contributed by atoms with van der Waals surface area (Å²) in [5.41, 5.74) is 9.88. The summed E-state index contributed by atoms with van der Waals surface area (Å²) in [5.74, 6) is -0.359. The molecular formula is C18H17F3N2O2. The van der Waals surface area contributed by atoms with Gasteiger partial charge in [-0.3, -0.25) is 4.79 Å².